The number of fused-ring (bicyclic) bond motifs is 2. The topological polar surface area (TPSA) is 50.2 Å². The molecule has 1 aromatic heterocycles. The molecule has 5 heteroatoms. The molecule has 2 aromatic carbocycles. The van der Waals surface area contributed by atoms with Gasteiger partial charge in [0, 0.05) is 5.39 Å². The van der Waals surface area contributed by atoms with Gasteiger partial charge in [-0.1, -0.05) is 68.2 Å². The molecule has 1 aliphatic carbocycles. The summed E-state index contributed by atoms with van der Waals surface area (Å²) < 4.78 is 0. The maximum Gasteiger partial charge on any atom is 0.336 e. The number of benzene rings is 2. The zero-order valence-electron chi connectivity index (χ0n) is 17.2. The Hall–Kier alpha value is -2.36. The Morgan fingerprint density at radius 2 is 1.83 bits per heavy atom. The fraction of sp³-hybridized carbons (Fsp3) is 0.280. The highest BCUT2D eigenvalue weighted by atomic mass is 35.5. The van der Waals surface area contributed by atoms with E-state index >= 15 is 0 Å². The number of aromatic nitrogens is 1. The number of para-hydroxylation sites is 1. The van der Waals surface area contributed by atoms with Crippen LogP contribution in [0.25, 0.3) is 22.6 Å². The normalized spacial score (nSPS) is 17.9. The minimum atomic E-state index is -0.909. The van der Waals surface area contributed by atoms with E-state index < -0.39 is 5.97 Å². The molecule has 30 heavy (non-hydrogen) atoms. The van der Waals surface area contributed by atoms with Crippen molar-refractivity contribution in [3.63, 3.8) is 0 Å². The summed E-state index contributed by atoms with van der Waals surface area (Å²) in [5, 5.41) is 11.8. The lowest BCUT2D eigenvalue weighted by Crippen LogP contribution is -2.28. The van der Waals surface area contributed by atoms with Gasteiger partial charge in [0.05, 0.1) is 26.8 Å². The number of rotatable bonds is 2. The van der Waals surface area contributed by atoms with E-state index in [-0.39, 0.29) is 5.41 Å². The highest BCUT2D eigenvalue weighted by molar-refractivity contribution is 6.42. The number of pyridine rings is 1. The molecule has 154 valence electrons. The second-order valence-corrected chi connectivity index (χ2v) is 9.76. The quantitative estimate of drug-likeness (QED) is 0.452. The van der Waals surface area contributed by atoms with E-state index in [2.05, 4.69) is 26.8 Å². The first-order valence-corrected chi connectivity index (χ1v) is 10.7. The third kappa shape index (κ3) is 3.84. The molecule has 4 rings (SSSR count). The molecular formula is C25H23Cl2NO2. The van der Waals surface area contributed by atoms with E-state index in [4.69, 9.17) is 28.2 Å². The van der Waals surface area contributed by atoms with Gasteiger partial charge in [0.2, 0.25) is 0 Å². The van der Waals surface area contributed by atoms with Gasteiger partial charge < -0.3 is 5.11 Å². The molecular weight excluding hydrogens is 417 g/mol. The molecule has 1 unspecified atom stereocenters. The molecule has 0 fully saturated rings. The summed E-state index contributed by atoms with van der Waals surface area (Å²) in [6.45, 7) is 6.61. The maximum absolute atomic E-state index is 12.3. The van der Waals surface area contributed by atoms with E-state index in [1.165, 1.54) is 0 Å². The molecule has 0 aliphatic heterocycles. The molecule has 1 aliphatic rings. The Bertz CT molecular complexity index is 1190. The number of halogens is 2. The van der Waals surface area contributed by atoms with E-state index in [1.807, 2.05) is 36.4 Å². The predicted molar refractivity (Wildman–Crippen MR) is 124 cm³/mol. The van der Waals surface area contributed by atoms with E-state index in [1.54, 1.807) is 6.07 Å². The van der Waals surface area contributed by atoms with Crippen molar-refractivity contribution in [2.45, 2.75) is 33.6 Å². The second-order valence-electron chi connectivity index (χ2n) is 8.95. The minimum Gasteiger partial charge on any atom is -0.478 e. The van der Waals surface area contributed by atoms with Gasteiger partial charge >= 0.3 is 5.97 Å². The third-order valence-corrected chi connectivity index (χ3v) is 6.68. The zero-order valence-corrected chi connectivity index (χ0v) is 18.7. The first kappa shape index (κ1) is 20.9. The number of carbonyl (C=O) groups is 1. The number of allylic oxidation sites excluding steroid dienone is 1. The Labute approximate surface area is 186 Å². The van der Waals surface area contributed by atoms with Crippen LogP contribution in [0.5, 0.6) is 0 Å². The Morgan fingerprint density at radius 1 is 1.10 bits per heavy atom. The molecule has 3 nitrogen and oxygen atoms in total. The monoisotopic (exact) mass is 439 g/mol. The molecule has 0 amide bonds. The first-order valence-electron chi connectivity index (χ1n) is 9.96. The smallest absolute Gasteiger partial charge is 0.336 e. The van der Waals surface area contributed by atoms with Crippen LogP contribution in [0, 0.1) is 11.3 Å². The number of aromatic carboxylic acids is 1. The Balaban J connectivity index is 1.99. The molecule has 3 aromatic rings. The molecule has 1 atom stereocenters. The number of hydrogen-bond donors (Lipinski definition) is 1. The summed E-state index contributed by atoms with van der Waals surface area (Å²) in [7, 11) is 0. The van der Waals surface area contributed by atoms with Crippen LogP contribution >= 0.6 is 23.2 Å². The number of hydrogen-bond acceptors (Lipinski definition) is 2. The zero-order chi connectivity index (χ0) is 21.6. The van der Waals surface area contributed by atoms with Crippen molar-refractivity contribution in [2.75, 3.05) is 0 Å². The molecule has 0 saturated heterocycles. The summed E-state index contributed by atoms with van der Waals surface area (Å²) in [6, 6.07) is 13.0. The van der Waals surface area contributed by atoms with Crippen molar-refractivity contribution >= 4 is 51.7 Å². The van der Waals surface area contributed by atoms with Crippen molar-refractivity contribution in [1.29, 1.82) is 0 Å². The highest BCUT2D eigenvalue weighted by Gasteiger charge is 2.35. The lowest BCUT2D eigenvalue weighted by molar-refractivity contribution is 0.0696. The third-order valence-electron chi connectivity index (χ3n) is 5.94. The van der Waals surface area contributed by atoms with Crippen LogP contribution in [0.3, 0.4) is 0 Å². The van der Waals surface area contributed by atoms with Crippen LogP contribution in [0.2, 0.25) is 10.0 Å². The van der Waals surface area contributed by atoms with E-state index in [9.17, 15) is 9.90 Å². The molecule has 0 spiro atoms. The van der Waals surface area contributed by atoms with Crippen LogP contribution in [0.4, 0.5) is 0 Å². The van der Waals surface area contributed by atoms with Gasteiger partial charge in [-0.2, -0.15) is 0 Å². The summed E-state index contributed by atoms with van der Waals surface area (Å²) in [4.78, 5) is 17.2. The average molecular weight is 440 g/mol. The minimum absolute atomic E-state index is 0.0237. The van der Waals surface area contributed by atoms with E-state index in [0.717, 1.165) is 28.8 Å². The van der Waals surface area contributed by atoms with Crippen LogP contribution < -0.4 is 0 Å². The molecule has 1 heterocycles. The summed E-state index contributed by atoms with van der Waals surface area (Å²) in [5.41, 5.74) is 4.63. The van der Waals surface area contributed by atoms with Crippen LogP contribution in [-0.4, -0.2) is 16.1 Å². The lowest BCUT2D eigenvalue weighted by atomic mass is 9.69. The number of nitrogens with zero attached hydrogens (tertiary/aromatic N) is 1. The summed E-state index contributed by atoms with van der Waals surface area (Å²) >= 11 is 12.3. The van der Waals surface area contributed by atoms with Gasteiger partial charge in [-0.15, -0.1) is 0 Å². The van der Waals surface area contributed by atoms with Crippen molar-refractivity contribution in [2.24, 2.45) is 11.3 Å². The van der Waals surface area contributed by atoms with Gasteiger partial charge in [-0.05, 0) is 65.1 Å². The SMILES string of the molecule is CC(C)(C)C1CC(=Cc2ccc(Cl)c(Cl)c2)c2nc3ccccc3c(C(=O)O)c2C1. The van der Waals surface area contributed by atoms with Crippen molar-refractivity contribution < 1.29 is 9.90 Å². The van der Waals surface area contributed by atoms with Crippen LogP contribution in [0.15, 0.2) is 42.5 Å². The number of carboxylic acid groups (broad SMARTS) is 1. The van der Waals surface area contributed by atoms with Gasteiger partial charge in [0.1, 0.15) is 0 Å². The van der Waals surface area contributed by atoms with Gasteiger partial charge in [-0.25, -0.2) is 9.78 Å². The van der Waals surface area contributed by atoms with Crippen molar-refractivity contribution in [3.8, 4) is 0 Å². The van der Waals surface area contributed by atoms with Gasteiger partial charge in [-0.3, -0.25) is 0 Å². The molecule has 0 bridgehead atoms. The molecule has 0 radical (unpaired) electrons. The summed E-state index contributed by atoms with van der Waals surface area (Å²) in [5.74, 6) is -0.617. The first-order chi connectivity index (χ1) is 14.1. The lowest BCUT2D eigenvalue weighted by Gasteiger charge is -2.36. The Kier molecular flexibility index (Phi) is 5.37. The summed E-state index contributed by atoms with van der Waals surface area (Å²) in [6.07, 6.45) is 3.57. The molecule has 0 saturated carbocycles. The van der Waals surface area contributed by atoms with Crippen LogP contribution in [-0.2, 0) is 6.42 Å². The fourth-order valence-corrected chi connectivity index (χ4v) is 4.49. The van der Waals surface area contributed by atoms with Crippen molar-refractivity contribution in [1.82, 2.24) is 4.98 Å². The van der Waals surface area contributed by atoms with Gasteiger partial charge in [0.25, 0.3) is 0 Å². The van der Waals surface area contributed by atoms with Crippen molar-refractivity contribution in [3.05, 3.63) is 74.9 Å². The average Bonchev–Trinajstić information content (AvgIpc) is 2.68. The highest BCUT2D eigenvalue weighted by Crippen LogP contribution is 2.44. The van der Waals surface area contributed by atoms with E-state index in [0.29, 0.717) is 38.9 Å². The number of carboxylic acids is 1. The Morgan fingerprint density at radius 3 is 2.50 bits per heavy atom. The second kappa shape index (κ2) is 7.72. The standard InChI is InChI=1S/C25H23Cl2NO2/c1-25(2,3)16-12-15(10-14-8-9-19(26)20(27)11-14)23-18(13-16)22(24(29)30)17-6-4-5-7-21(17)28-23/h4-11,16H,12-13H2,1-3H3,(H,29,30). The maximum atomic E-state index is 12.3. The predicted octanol–water partition coefficient (Wildman–Crippen LogP) is 7.39. The van der Waals surface area contributed by atoms with Crippen LogP contribution in [0.1, 0.15) is 54.4 Å². The molecule has 1 N–H and O–H groups in total. The fourth-order valence-electron chi connectivity index (χ4n) is 4.18. The van der Waals surface area contributed by atoms with Gasteiger partial charge in [0.15, 0.2) is 0 Å². The largest absolute Gasteiger partial charge is 0.478 e.